The standard InChI is InChI=1S/C21H26N2O2/c1-15-4-9-20(16(2)14-15)17(3)22-21(24)18-5-7-19(8-6-18)23-10-12-25-13-11-23/h4-9,14,17H,10-13H2,1-3H3,(H,22,24)/t17-/m1/s1. The van der Waals surface area contributed by atoms with Crippen LogP contribution in [0.5, 0.6) is 0 Å². The SMILES string of the molecule is Cc1ccc([C@@H](C)NC(=O)c2ccc(N3CCOCC3)cc2)c(C)c1. The fraction of sp³-hybridized carbons (Fsp3) is 0.381. The lowest BCUT2D eigenvalue weighted by Gasteiger charge is -2.28. The van der Waals surface area contributed by atoms with Crippen molar-refractivity contribution >= 4 is 11.6 Å². The third-order valence-electron chi connectivity index (χ3n) is 4.75. The number of ether oxygens (including phenoxy) is 1. The average Bonchev–Trinajstić information content (AvgIpc) is 2.62. The summed E-state index contributed by atoms with van der Waals surface area (Å²) < 4.78 is 5.38. The van der Waals surface area contributed by atoms with Crippen LogP contribution in [0.25, 0.3) is 0 Å². The fourth-order valence-corrected chi connectivity index (χ4v) is 3.31. The van der Waals surface area contributed by atoms with Crippen molar-refractivity contribution in [3.05, 3.63) is 64.7 Å². The molecule has 2 aromatic rings. The Kier molecular flexibility index (Phi) is 5.39. The van der Waals surface area contributed by atoms with Crippen LogP contribution in [0.1, 0.15) is 40.0 Å². The first-order valence-corrected chi connectivity index (χ1v) is 8.85. The van der Waals surface area contributed by atoms with E-state index < -0.39 is 0 Å². The zero-order chi connectivity index (χ0) is 17.8. The number of nitrogens with zero attached hydrogens (tertiary/aromatic N) is 1. The highest BCUT2D eigenvalue weighted by molar-refractivity contribution is 5.94. The lowest BCUT2D eigenvalue weighted by atomic mass is 10.00. The number of morpholine rings is 1. The number of carbonyl (C=O) groups is 1. The topological polar surface area (TPSA) is 41.6 Å². The summed E-state index contributed by atoms with van der Waals surface area (Å²) in [6.07, 6.45) is 0. The Hall–Kier alpha value is -2.33. The normalized spacial score (nSPS) is 15.7. The van der Waals surface area contributed by atoms with Gasteiger partial charge in [-0.3, -0.25) is 4.79 Å². The third-order valence-corrected chi connectivity index (χ3v) is 4.75. The summed E-state index contributed by atoms with van der Waals surface area (Å²) in [7, 11) is 0. The van der Waals surface area contributed by atoms with Crippen LogP contribution in [0.2, 0.25) is 0 Å². The van der Waals surface area contributed by atoms with Gasteiger partial charge in [-0.2, -0.15) is 0 Å². The van der Waals surface area contributed by atoms with Crippen LogP contribution in [-0.4, -0.2) is 32.2 Å². The summed E-state index contributed by atoms with van der Waals surface area (Å²) >= 11 is 0. The molecule has 1 heterocycles. The predicted molar refractivity (Wildman–Crippen MR) is 101 cm³/mol. The highest BCUT2D eigenvalue weighted by atomic mass is 16.5. The van der Waals surface area contributed by atoms with Gasteiger partial charge in [0, 0.05) is 24.3 Å². The van der Waals surface area contributed by atoms with E-state index >= 15 is 0 Å². The number of carbonyl (C=O) groups excluding carboxylic acids is 1. The van der Waals surface area contributed by atoms with Crippen LogP contribution < -0.4 is 10.2 Å². The van der Waals surface area contributed by atoms with Crippen molar-refractivity contribution in [3.63, 3.8) is 0 Å². The van der Waals surface area contributed by atoms with E-state index in [0.717, 1.165) is 37.6 Å². The van der Waals surface area contributed by atoms with E-state index in [1.54, 1.807) is 0 Å². The Morgan fingerprint density at radius 2 is 1.76 bits per heavy atom. The van der Waals surface area contributed by atoms with Crippen molar-refractivity contribution in [2.75, 3.05) is 31.2 Å². The van der Waals surface area contributed by atoms with Gasteiger partial charge in [-0.25, -0.2) is 0 Å². The average molecular weight is 338 g/mol. The maximum absolute atomic E-state index is 12.5. The molecule has 4 heteroatoms. The molecular weight excluding hydrogens is 312 g/mol. The Balaban J connectivity index is 1.66. The minimum Gasteiger partial charge on any atom is -0.378 e. The molecule has 1 atom stereocenters. The first-order valence-electron chi connectivity index (χ1n) is 8.85. The monoisotopic (exact) mass is 338 g/mol. The van der Waals surface area contributed by atoms with Crippen LogP contribution in [-0.2, 0) is 4.74 Å². The molecule has 1 N–H and O–H groups in total. The van der Waals surface area contributed by atoms with Crippen LogP contribution in [0.15, 0.2) is 42.5 Å². The largest absolute Gasteiger partial charge is 0.378 e. The molecule has 1 aliphatic rings. The van der Waals surface area contributed by atoms with Gasteiger partial charge in [0.1, 0.15) is 0 Å². The van der Waals surface area contributed by atoms with Crippen LogP contribution >= 0.6 is 0 Å². The number of rotatable bonds is 4. The predicted octanol–water partition coefficient (Wildman–Crippen LogP) is 3.63. The second kappa shape index (κ2) is 7.70. The molecule has 1 amide bonds. The maximum atomic E-state index is 12.5. The van der Waals surface area contributed by atoms with E-state index in [4.69, 9.17) is 4.74 Å². The van der Waals surface area contributed by atoms with Gasteiger partial charge in [-0.15, -0.1) is 0 Å². The van der Waals surface area contributed by atoms with Crippen molar-refractivity contribution in [1.82, 2.24) is 5.32 Å². The van der Waals surface area contributed by atoms with Crippen molar-refractivity contribution in [3.8, 4) is 0 Å². The molecule has 1 aliphatic heterocycles. The summed E-state index contributed by atoms with van der Waals surface area (Å²) in [5.41, 5.74) is 5.42. The molecule has 0 aliphatic carbocycles. The summed E-state index contributed by atoms with van der Waals surface area (Å²) in [6, 6.07) is 14.1. The molecule has 25 heavy (non-hydrogen) atoms. The van der Waals surface area contributed by atoms with Gasteiger partial charge in [0.15, 0.2) is 0 Å². The zero-order valence-corrected chi connectivity index (χ0v) is 15.2. The molecular formula is C21H26N2O2. The first-order chi connectivity index (χ1) is 12.0. The lowest BCUT2D eigenvalue weighted by Crippen LogP contribution is -2.36. The molecule has 0 saturated carbocycles. The second-order valence-electron chi connectivity index (χ2n) is 6.70. The molecule has 2 aromatic carbocycles. The van der Waals surface area contributed by atoms with E-state index in [1.165, 1.54) is 11.1 Å². The zero-order valence-electron chi connectivity index (χ0n) is 15.2. The summed E-state index contributed by atoms with van der Waals surface area (Å²) in [4.78, 5) is 14.8. The molecule has 0 bridgehead atoms. The van der Waals surface area contributed by atoms with E-state index in [1.807, 2.05) is 31.2 Å². The highest BCUT2D eigenvalue weighted by Crippen LogP contribution is 2.20. The van der Waals surface area contributed by atoms with Gasteiger partial charge in [-0.1, -0.05) is 23.8 Å². The second-order valence-corrected chi connectivity index (χ2v) is 6.70. The number of hydrogen-bond acceptors (Lipinski definition) is 3. The Morgan fingerprint density at radius 3 is 2.40 bits per heavy atom. The number of hydrogen-bond donors (Lipinski definition) is 1. The van der Waals surface area contributed by atoms with Gasteiger partial charge < -0.3 is 15.0 Å². The van der Waals surface area contributed by atoms with E-state index in [-0.39, 0.29) is 11.9 Å². The molecule has 132 valence electrons. The van der Waals surface area contributed by atoms with Crippen molar-refractivity contribution in [1.29, 1.82) is 0 Å². The van der Waals surface area contributed by atoms with Crippen molar-refractivity contribution in [2.45, 2.75) is 26.8 Å². The highest BCUT2D eigenvalue weighted by Gasteiger charge is 2.15. The molecule has 4 nitrogen and oxygen atoms in total. The van der Waals surface area contributed by atoms with E-state index in [2.05, 4.69) is 42.3 Å². The van der Waals surface area contributed by atoms with Crippen LogP contribution in [0.4, 0.5) is 5.69 Å². The number of amides is 1. The molecule has 0 spiro atoms. The summed E-state index contributed by atoms with van der Waals surface area (Å²) in [5, 5.41) is 3.10. The molecule has 1 saturated heterocycles. The maximum Gasteiger partial charge on any atom is 0.251 e. The number of anilines is 1. The third kappa shape index (κ3) is 4.20. The molecule has 0 unspecified atom stereocenters. The van der Waals surface area contributed by atoms with Gasteiger partial charge >= 0.3 is 0 Å². The van der Waals surface area contributed by atoms with Gasteiger partial charge in [0.25, 0.3) is 5.91 Å². The van der Waals surface area contributed by atoms with E-state index in [0.29, 0.717) is 5.56 Å². The molecule has 3 rings (SSSR count). The van der Waals surface area contributed by atoms with Crippen LogP contribution in [0.3, 0.4) is 0 Å². The summed E-state index contributed by atoms with van der Waals surface area (Å²) in [6.45, 7) is 9.51. The number of benzene rings is 2. The molecule has 0 aromatic heterocycles. The summed E-state index contributed by atoms with van der Waals surface area (Å²) in [5.74, 6) is -0.0407. The van der Waals surface area contributed by atoms with E-state index in [9.17, 15) is 4.79 Å². The lowest BCUT2D eigenvalue weighted by molar-refractivity contribution is 0.0939. The fourth-order valence-electron chi connectivity index (χ4n) is 3.31. The van der Waals surface area contributed by atoms with Crippen molar-refractivity contribution in [2.24, 2.45) is 0 Å². The Labute approximate surface area is 149 Å². The van der Waals surface area contributed by atoms with Gasteiger partial charge in [0.05, 0.1) is 19.3 Å². The minimum atomic E-state index is -0.0407. The first kappa shape index (κ1) is 17.5. The smallest absolute Gasteiger partial charge is 0.251 e. The molecule has 0 radical (unpaired) electrons. The Morgan fingerprint density at radius 1 is 1.08 bits per heavy atom. The number of nitrogens with one attached hydrogen (secondary N) is 1. The van der Waals surface area contributed by atoms with Crippen molar-refractivity contribution < 1.29 is 9.53 Å². The van der Waals surface area contributed by atoms with Gasteiger partial charge in [0.2, 0.25) is 0 Å². The van der Waals surface area contributed by atoms with Crippen LogP contribution in [0, 0.1) is 13.8 Å². The number of aryl methyl sites for hydroxylation is 2. The Bertz CT molecular complexity index is 734. The quantitative estimate of drug-likeness (QED) is 0.925. The minimum absolute atomic E-state index is 0.0213. The molecule has 1 fully saturated rings. The van der Waals surface area contributed by atoms with Gasteiger partial charge in [-0.05, 0) is 56.2 Å².